The largest absolute Gasteiger partial charge is 0.493 e. The van der Waals surface area contributed by atoms with Gasteiger partial charge >= 0.3 is 0 Å². The van der Waals surface area contributed by atoms with Crippen LogP contribution >= 0.6 is 0 Å². The van der Waals surface area contributed by atoms with Crippen LogP contribution in [0.15, 0.2) is 65.0 Å². The zero-order chi connectivity index (χ0) is 30.4. The molecule has 0 saturated heterocycles. The summed E-state index contributed by atoms with van der Waals surface area (Å²) in [4.78, 5) is 42.6. The van der Waals surface area contributed by atoms with Gasteiger partial charge < -0.3 is 19.7 Å². The van der Waals surface area contributed by atoms with Gasteiger partial charge in [0, 0.05) is 53.5 Å². The first-order chi connectivity index (χ1) is 19.8. The highest BCUT2D eigenvalue weighted by Crippen LogP contribution is 2.54. The predicted molar refractivity (Wildman–Crippen MR) is 164 cm³/mol. The average molecular weight is 571 g/mol. The van der Waals surface area contributed by atoms with E-state index in [4.69, 9.17) is 9.47 Å². The lowest BCUT2D eigenvalue weighted by molar-refractivity contribution is -0.120. The molecule has 0 aromatic heterocycles. The Bertz CT molecular complexity index is 1460. The van der Waals surface area contributed by atoms with Crippen LogP contribution in [0.5, 0.6) is 11.5 Å². The summed E-state index contributed by atoms with van der Waals surface area (Å²) in [5.74, 6) is 0.325. The molecule has 0 unspecified atom stereocenters. The van der Waals surface area contributed by atoms with Crippen molar-refractivity contribution in [2.24, 2.45) is 10.8 Å². The van der Waals surface area contributed by atoms with Crippen LogP contribution in [-0.4, -0.2) is 42.6 Å². The number of rotatable bonds is 7. The van der Waals surface area contributed by atoms with E-state index in [1.807, 2.05) is 43.3 Å². The number of methoxy groups -OCH3 is 1. The van der Waals surface area contributed by atoms with E-state index in [2.05, 4.69) is 44.8 Å². The molecule has 222 valence electrons. The van der Waals surface area contributed by atoms with E-state index in [-0.39, 0.29) is 34.9 Å². The van der Waals surface area contributed by atoms with Crippen LogP contribution in [-0.2, 0) is 14.4 Å². The molecule has 42 heavy (non-hydrogen) atoms. The summed E-state index contributed by atoms with van der Waals surface area (Å²) in [5, 5.41) is 2.88. The molecule has 2 aliphatic carbocycles. The number of carbonyl (C=O) groups excluding carboxylic acids is 3. The maximum Gasteiger partial charge on any atom is 0.262 e. The summed E-state index contributed by atoms with van der Waals surface area (Å²) in [5.41, 5.74) is 5.75. The van der Waals surface area contributed by atoms with Gasteiger partial charge in [0.1, 0.15) is 0 Å². The minimum Gasteiger partial charge on any atom is -0.493 e. The molecular formula is C35H42N2O5. The van der Waals surface area contributed by atoms with Crippen LogP contribution in [0.2, 0.25) is 0 Å². The third kappa shape index (κ3) is 5.61. The van der Waals surface area contributed by atoms with Gasteiger partial charge in [-0.05, 0) is 66.8 Å². The number of benzene rings is 2. The maximum atomic E-state index is 13.9. The molecule has 2 aromatic carbocycles. The molecule has 1 aliphatic heterocycles. The van der Waals surface area contributed by atoms with Crippen LogP contribution in [0, 0.1) is 17.8 Å². The van der Waals surface area contributed by atoms with E-state index in [9.17, 15) is 14.4 Å². The Morgan fingerprint density at radius 3 is 2.05 bits per heavy atom. The first-order valence-corrected chi connectivity index (χ1v) is 14.8. The molecule has 5 rings (SSSR count). The SMILES string of the molecule is CCN1C2=C(C(=O)CC(C)(C)C2)C(c2ccc(OCC(=O)Nc3ccccc3C)c(OC)c2)C2=C1CC(C)(C)CC2=O. The fourth-order valence-corrected chi connectivity index (χ4v) is 6.79. The Kier molecular flexibility index (Phi) is 7.82. The number of carbonyl (C=O) groups is 3. The topological polar surface area (TPSA) is 84.9 Å². The number of nitrogens with one attached hydrogen (secondary N) is 1. The van der Waals surface area contributed by atoms with Gasteiger partial charge in [0.25, 0.3) is 5.91 Å². The molecule has 1 N–H and O–H groups in total. The van der Waals surface area contributed by atoms with Crippen LogP contribution in [0.4, 0.5) is 5.69 Å². The van der Waals surface area contributed by atoms with Crippen LogP contribution in [0.3, 0.4) is 0 Å². The number of amides is 1. The van der Waals surface area contributed by atoms with Crippen molar-refractivity contribution in [3.63, 3.8) is 0 Å². The monoisotopic (exact) mass is 570 g/mol. The molecule has 2 aromatic rings. The number of allylic oxidation sites excluding steroid dienone is 4. The van der Waals surface area contributed by atoms with E-state index in [1.165, 1.54) is 0 Å². The molecule has 1 heterocycles. The highest BCUT2D eigenvalue weighted by Gasteiger charge is 2.48. The lowest BCUT2D eigenvalue weighted by Crippen LogP contribution is -2.44. The van der Waals surface area contributed by atoms with Crippen LogP contribution < -0.4 is 14.8 Å². The van der Waals surface area contributed by atoms with E-state index in [0.717, 1.165) is 52.2 Å². The van der Waals surface area contributed by atoms with Gasteiger partial charge in [0.2, 0.25) is 0 Å². The zero-order valence-corrected chi connectivity index (χ0v) is 25.8. The van der Waals surface area contributed by atoms with E-state index < -0.39 is 5.92 Å². The Balaban J connectivity index is 1.52. The third-order valence-electron chi connectivity index (χ3n) is 8.64. The van der Waals surface area contributed by atoms with Crippen molar-refractivity contribution in [2.45, 2.75) is 73.1 Å². The number of hydrogen-bond acceptors (Lipinski definition) is 6. The number of Topliss-reactive ketones (excluding diaryl/α,β-unsaturated/α-hetero) is 2. The van der Waals surface area contributed by atoms with Gasteiger partial charge in [-0.15, -0.1) is 0 Å². The van der Waals surface area contributed by atoms with Crippen molar-refractivity contribution in [2.75, 3.05) is 25.6 Å². The van der Waals surface area contributed by atoms with Gasteiger partial charge in [0.05, 0.1) is 7.11 Å². The Hall–Kier alpha value is -3.87. The van der Waals surface area contributed by atoms with E-state index >= 15 is 0 Å². The van der Waals surface area contributed by atoms with Gasteiger partial charge in [0.15, 0.2) is 29.7 Å². The van der Waals surface area contributed by atoms with Crippen molar-refractivity contribution in [3.05, 3.63) is 76.1 Å². The number of para-hydroxylation sites is 1. The first-order valence-electron chi connectivity index (χ1n) is 14.8. The van der Waals surface area contributed by atoms with E-state index in [1.54, 1.807) is 13.2 Å². The average Bonchev–Trinajstić information content (AvgIpc) is 2.90. The molecule has 0 bridgehead atoms. The molecule has 0 saturated carbocycles. The molecule has 0 radical (unpaired) electrons. The fourth-order valence-electron chi connectivity index (χ4n) is 6.79. The Morgan fingerprint density at radius 2 is 1.50 bits per heavy atom. The second-order valence-corrected chi connectivity index (χ2v) is 13.3. The summed E-state index contributed by atoms with van der Waals surface area (Å²) in [6.45, 7) is 13.1. The van der Waals surface area contributed by atoms with Crippen molar-refractivity contribution in [3.8, 4) is 11.5 Å². The smallest absolute Gasteiger partial charge is 0.262 e. The predicted octanol–water partition coefficient (Wildman–Crippen LogP) is 6.73. The number of aryl methyl sites for hydroxylation is 1. The summed E-state index contributed by atoms with van der Waals surface area (Å²) in [6.07, 6.45) is 2.43. The fraction of sp³-hybridized carbons (Fsp3) is 0.457. The maximum absolute atomic E-state index is 13.9. The lowest BCUT2D eigenvalue weighted by atomic mass is 9.63. The van der Waals surface area contributed by atoms with Crippen molar-refractivity contribution < 1.29 is 23.9 Å². The van der Waals surface area contributed by atoms with Gasteiger partial charge in [-0.2, -0.15) is 0 Å². The number of hydrogen-bond donors (Lipinski definition) is 1. The Labute approximate surface area is 249 Å². The van der Waals surface area contributed by atoms with Crippen molar-refractivity contribution in [1.82, 2.24) is 4.90 Å². The summed E-state index contributed by atoms with van der Waals surface area (Å²) >= 11 is 0. The molecule has 7 heteroatoms. The van der Waals surface area contributed by atoms with Gasteiger partial charge in [-0.3, -0.25) is 14.4 Å². The molecule has 3 aliphatic rings. The molecule has 7 nitrogen and oxygen atoms in total. The second kappa shape index (κ2) is 11.1. The van der Waals surface area contributed by atoms with Gasteiger partial charge in [-0.1, -0.05) is 52.0 Å². The molecule has 0 spiro atoms. The normalized spacial score (nSPS) is 19.8. The quantitative estimate of drug-likeness (QED) is 0.398. The Morgan fingerprint density at radius 1 is 0.905 bits per heavy atom. The minimum atomic E-state index is -0.461. The van der Waals surface area contributed by atoms with E-state index in [0.29, 0.717) is 30.9 Å². The second-order valence-electron chi connectivity index (χ2n) is 13.3. The number of ether oxygens (including phenoxy) is 2. The summed E-state index contributed by atoms with van der Waals surface area (Å²) < 4.78 is 11.6. The molecule has 0 atom stereocenters. The number of ketones is 2. The van der Waals surface area contributed by atoms with Crippen molar-refractivity contribution >= 4 is 23.2 Å². The first kappa shape index (κ1) is 29.6. The van der Waals surface area contributed by atoms with Crippen LogP contribution in [0.25, 0.3) is 0 Å². The molecule has 1 amide bonds. The molecule has 0 fully saturated rings. The summed E-state index contributed by atoms with van der Waals surface area (Å²) in [7, 11) is 1.55. The summed E-state index contributed by atoms with van der Waals surface area (Å²) in [6, 6.07) is 13.1. The highest BCUT2D eigenvalue weighted by atomic mass is 16.5. The third-order valence-corrected chi connectivity index (χ3v) is 8.64. The van der Waals surface area contributed by atoms with Crippen molar-refractivity contribution in [1.29, 1.82) is 0 Å². The highest BCUT2D eigenvalue weighted by molar-refractivity contribution is 6.06. The number of anilines is 1. The van der Waals surface area contributed by atoms with Gasteiger partial charge in [-0.25, -0.2) is 0 Å². The minimum absolute atomic E-state index is 0.0982. The standard InChI is InChI=1S/C35H42N2O5/c1-8-37-24-16-34(3,4)18-26(38)32(24)31(33-25(37)17-35(5,6)19-27(33)39)22-13-14-28(29(15-22)41-7)42-20-30(40)36-23-12-10-9-11-21(23)2/h9-15,31H,8,16-20H2,1-7H3,(H,36,40). The lowest BCUT2D eigenvalue weighted by Gasteiger charge is -2.48. The zero-order valence-electron chi connectivity index (χ0n) is 25.8. The molecular weight excluding hydrogens is 528 g/mol. The number of nitrogens with zero attached hydrogens (tertiary/aromatic N) is 1. The van der Waals surface area contributed by atoms with Crippen LogP contribution in [0.1, 0.15) is 77.3 Å².